The fraction of sp³-hybridized carbons (Fsp3) is 0.118. The first-order chi connectivity index (χ1) is 13.0. The van der Waals surface area contributed by atoms with E-state index in [0.717, 1.165) is 5.56 Å². The summed E-state index contributed by atoms with van der Waals surface area (Å²) in [5.41, 5.74) is 1.76. The van der Waals surface area contributed by atoms with E-state index in [2.05, 4.69) is 20.8 Å². The highest BCUT2D eigenvalue weighted by molar-refractivity contribution is 7.15. The third-order valence-corrected chi connectivity index (χ3v) is 4.22. The monoisotopic (exact) mass is 385 g/mol. The first-order valence-corrected chi connectivity index (χ1v) is 8.65. The minimum Gasteiger partial charge on any atom is -0.486 e. The SMILES string of the molecule is Cc1ccc(NC(=O)Nc2nnc(COc3ccc([N+](=O)[O-])cc3)s2)cc1. The number of benzene rings is 2. The fourth-order valence-electron chi connectivity index (χ4n) is 2.07. The maximum Gasteiger partial charge on any atom is 0.325 e. The summed E-state index contributed by atoms with van der Waals surface area (Å²) in [7, 11) is 0. The smallest absolute Gasteiger partial charge is 0.325 e. The zero-order chi connectivity index (χ0) is 19.2. The third-order valence-electron chi connectivity index (χ3n) is 3.41. The predicted octanol–water partition coefficient (Wildman–Crippen LogP) is 3.98. The minimum absolute atomic E-state index is 0.00987. The Hall–Kier alpha value is -3.53. The number of ether oxygens (including phenoxy) is 1. The Balaban J connectivity index is 1.51. The Morgan fingerprint density at radius 2 is 1.81 bits per heavy atom. The maximum atomic E-state index is 12.0. The van der Waals surface area contributed by atoms with Crippen LogP contribution in [0.15, 0.2) is 48.5 Å². The molecule has 0 unspecified atom stereocenters. The number of hydrogen-bond donors (Lipinski definition) is 2. The van der Waals surface area contributed by atoms with Crippen LogP contribution in [0.3, 0.4) is 0 Å². The van der Waals surface area contributed by atoms with Gasteiger partial charge in [0.2, 0.25) is 5.13 Å². The lowest BCUT2D eigenvalue weighted by Crippen LogP contribution is -2.19. The second kappa shape index (κ2) is 8.23. The van der Waals surface area contributed by atoms with Gasteiger partial charge in [0.15, 0.2) is 5.01 Å². The van der Waals surface area contributed by atoms with Gasteiger partial charge < -0.3 is 10.1 Å². The summed E-state index contributed by atoms with van der Waals surface area (Å²) in [5.74, 6) is 0.474. The van der Waals surface area contributed by atoms with Crippen molar-refractivity contribution in [1.82, 2.24) is 10.2 Å². The Labute approximate surface area is 158 Å². The number of non-ortho nitro benzene ring substituents is 1. The van der Waals surface area contributed by atoms with E-state index in [9.17, 15) is 14.9 Å². The first kappa shape index (κ1) is 18.3. The van der Waals surface area contributed by atoms with Gasteiger partial charge in [0.25, 0.3) is 5.69 Å². The highest BCUT2D eigenvalue weighted by atomic mass is 32.1. The number of anilines is 2. The number of nitrogens with zero attached hydrogens (tertiary/aromatic N) is 3. The number of carbonyl (C=O) groups excluding carboxylic acids is 1. The van der Waals surface area contributed by atoms with Gasteiger partial charge in [0, 0.05) is 17.8 Å². The number of aryl methyl sites for hydroxylation is 1. The van der Waals surface area contributed by atoms with Crippen LogP contribution in [0.25, 0.3) is 0 Å². The van der Waals surface area contributed by atoms with E-state index in [4.69, 9.17) is 4.74 Å². The molecule has 3 rings (SSSR count). The van der Waals surface area contributed by atoms with Crippen molar-refractivity contribution >= 4 is 33.9 Å². The van der Waals surface area contributed by atoms with Crippen molar-refractivity contribution in [2.24, 2.45) is 0 Å². The van der Waals surface area contributed by atoms with Gasteiger partial charge in [-0.3, -0.25) is 15.4 Å². The molecular formula is C17H15N5O4S. The van der Waals surface area contributed by atoms with Crippen LogP contribution in [-0.2, 0) is 6.61 Å². The van der Waals surface area contributed by atoms with Crippen LogP contribution >= 0.6 is 11.3 Å². The molecule has 3 aromatic rings. The number of urea groups is 1. The van der Waals surface area contributed by atoms with E-state index < -0.39 is 11.0 Å². The number of aromatic nitrogens is 2. The molecule has 0 fully saturated rings. The van der Waals surface area contributed by atoms with Gasteiger partial charge >= 0.3 is 6.03 Å². The van der Waals surface area contributed by atoms with E-state index in [1.807, 2.05) is 19.1 Å². The van der Waals surface area contributed by atoms with Crippen molar-refractivity contribution in [2.45, 2.75) is 13.5 Å². The summed E-state index contributed by atoms with van der Waals surface area (Å²) in [5, 5.41) is 24.7. The largest absolute Gasteiger partial charge is 0.486 e. The second-order valence-electron chi connectivity index (χ2n) is 5.49. The van der Waals surface area contributed by atoms with Crippen LogP contribution in [-0.4, -0.2) is 21.2 Å². The molecule has 1 aromatic heterocycles. The van der Waals surface area contributed by atoms with Crippen molar-refractivity contribution in [3.8, 4) is 5.75 Å². The van der Waals surface area contributed by atoms with Gasteiger partial charge in [-0.25, -0.2) is 4.79 Å². The molecule has 2 amide bonds. The molecule has 9 nitrogen and oxygen atoms in total. The number of nitrogens with one attached hydrogen (secondary N) is 2. The van der Waals surface area contributed by atoms with Crippen LogP contribution in [0.1, 0.15) is 10.6 Å². The lowest BCUT2D eigenvalue weighted by Gasteiger charge is -2.05. The molecule has 0 aliphatic heterocycles. The summed E-state index contributed by atoms with van der Waals surface area (Å²) in [6.45, 7) is 2.10. The van der Waals surface area contributed by atoms with Crippen molar-refractivity contribution in [3.05, 3.63) is 69.2 Å². The topological polar surface area (TPSA) is 119 Å². The van der Waals surface area contributed by atoms with Gasteiger partial charge in [-0.2, -0.15) is 0 Å². The van der Waals surface area contributed by atoms with Gasteiger partial charge in [0.1, 0.15) is 12.4 Å². The summed E-state index contributed by atoms with van der Waals surface area (Å²) < 4.78 is 5.51. The first-order valence-electron chi connectivity index (χ1n) is 7.84. The number of rotatable bonds is 6. The van der Waals surface area contributed by atoms with Crippen LogP contribution < -0.4 is 15.4 Å². The average molecular weight is 385 g/mol. The van der Waals surface area contributed by atoms with Gasteiger partial charge in [-0.15, -0.1) is 10.2 Å². The van der Waals surface area contributed by atoms with Crippen LogP contribution in [0.4, 0.5) is 21.3 Å². The minimum atomic E-state index is -0.478. The molecule has 2 aromatic carbocycles. The summed E-state index contributed by atoms with van der Waals surface area (Å²) in [6, 6.07) is 12.7. The van der Waals surface area contributed by atoms with Gasteiger partial charge in [-0.05, 0) is 31.2 Å². The summed E-state index contributed by atoms with van der Waals surface area (Å²) in [4.78, 5) is 22.1. The highest BCUT2D eigenvalue weighted by Gasteiger charge is 2.10. The number of nitro benzene ring substituents is 1. The summed E-state index contributed by atoms with van der Waals surface area (Å²) >= 11 is 1.17. The average Bonchev–Trinajstić information content (AvgIpc) is 3.09. The van der Waals surface area contributed by atoms with Crippen LogP contribution in [0, 0.1) is 17.0 Å². The molecule has 0 spiro atoms. The molecule has 0 saturated carbocycles. The molecular weight excluding hydrogens is 370 g/mol. The number of nitro groups is 1. The summed E-state index contributed by atoms with van der Waals surface area (Å²) in [6.07, 6.45) is 0. The lowest BCUT2D eigenvalue weighted by atomic mass is 10.2. The highest BCUT2D eigenvalue weighted by Crippen LogP contribution is 2.21. The molecule has 10 heteroatoms. The van der Waals surface area contributed by atoms with Crippen LogP contribution in [0.2, 0.25) is 0 Å². The molecule has 0 atom stereocenters. The molecule has 0 radical (unpaired) electrons. The van der Waals surface area contributed by atoms with Crippen molar-refractivity contribution in [3.63, 3.8) is 0 Å². The number of carbonyl (C=O) groups is 1. The maximum absolute atomic E-state index is 12.0. The fourth-order valence-corrected chi connectivity index (χ4v) is 2.72. The molecule has 0 saturated heterocycles. The molecule has 2 N–H and O–H groups in total. The number of hydrogen-bond acceptors (Lipinski definition) is 7. The molecule has 27 heavy (non-hydrogen) atoms. The van der Waals surface area contributed by atoms with E-state index in [0.29, 0.717) is 21.6 Å². The Kier molecular flexibility index (Phi) is 5.57. The normalized spacial score (nSPS) is 10.3. The Bertz CT molecular complexity index is 941. The van der Waals surface area contributed by atoms with Crippen molar-refractivity contribution in [1.29, 1.82) is 0 Å². The zero-order valence-corrected chi connectivity index (χ0v) is 15.0. The molecule has 138 valence electrons. The van der Waals surface area contributed by atoms with Crippen molar-refractivity contribution < 1.29 is 14.5 Å². The van der Waals surface area contributed by atoms with E-state index >= 15 is 0 Å². The standard InChI is InChI=1S/C17H15N5O4S/c1-11-2-4-12(5-3-11)18-16(23)19-17-21-20-15(27-17)10-26-14-8-6-13(7-9-14)22(24)25/h2-9H,10H2,1H3,(H2,18,19,21,23). The van der Waals surface area contributed by atoms with E-state index in [1.54, 1.807) is 12.1 Å². The van der Waals surface area contributed by atoms with E-state index in [1.165, 1.54) is 35.6 Å². The lowest BCUT2D eigenvalue weighted by molar-refractivity contribution is -0.384. The Morgan fingerprint density at radius 3 is 2.48 bits per heavy atom. The third kappa shape index (κ3) is 5.22. The zero-order valence-electron chi connectivity index (χ0n) is 14.2. The molecule has 0 bridgehead atoms. The number of amides is 2. The van der Waals surface area contributed by atoms with Crippen molar-refractivity contribution in [2.75, 3.05) is 10.6 Å². The van der Waals surface area contributed by atoms with Crippen LogP contribution in [0.5, 0.6) is 5.75 Å². The molecule has 1 heterocycles. The second-order valence-corrected chi connectivity index (χ2v) is 6.55. The molecule has 0 aliphatic rings. The van der Waals surface area contributed by atoms with E-state index in [-0.39, 0.29) is 12.3 Å². The Morgan fingerprint density at radius 1 is 1.11 bits per heavy atom. The quantitative estimate of drug-likeness (QED) is 0.489. The predicted molar refractivity (Wildman–Crippen MR) is 101 cm³/mol. The van der Waals surface area contributed by atoms with Gasteiger partial charge in [0.05, 0.1) is 4.92 Å². The van der Waals surface area contributed by atoms with Gasteiger partial charge in [-0.1, -0.05) is 29.0 Å². The molecule has 0 aliphatic carbocycles.